The minimum Gasteiger partial charge on any atom is -0.384 e. The second-order valence-electron chi connectivity index (χ2n) is 5.29. The van der Waals surface area contributed by atoms with Gasteiger partial charge in [0.1, 0.15) is 5.82 Å². The maximum atomic E-state index is 11.5. The monoisotopic (exact) mass is 264 g/mol. The van der Waals surface area contributed by atoms with Crippen LogP contribution in [0, 0.1) is 5.92 Å². The first-order chi connectivity index (χ1) is 8.97. The number of amides is 2. The summed E-state index contributed by atoms with van der Waals surface area (Å²) < 4.78 is 0. The van der Waals surface area contributed by atoms with Gasteiger partial charge in [-0.1, -0.05) is 13.8 Å². The van der Waals surface area contributed by atoms with Crippen LogP contribution in [0.2, 0.25) is 0 Å². The Morgan fingerprint density at radius 1 is 1.26 bits per heavy atom. The molecule has 5 heteroatoms. The van der Waals surface area contributed by atoms with Crippen molar-refractivity contribution in [3.63, 3.8) is 0 Å². The summed E-state index contributed by atoms with van der Waals surface area (Å²) in [6.45, 7) is 9.14. The molecule has 1 aromatic heterocycles. The molecule has 5 nitrogen and oxygen atoms in total. The number of nitrogens with one attached hydrogen (secondary N) is 3. The van der Waals surface area contributed by atoms with Crippen molar-refractivity contribution in [2.75, 3.05) is 17.2 Å². The number of aromatic nitrogens is 1. The van der Waals surface area contributed by atoms with E-state index >= 15 is 0 Å². The van der Waals surface area contributed by atoms with E-state index in [1.165, 1.54) is 0 Å². The molecule has 0 radical (unpaired) electrons. The molecular weight excluding hydrogens is 240 g/mol. The van der Waals surface area contributed by atoms with Gasteiger partial charge in [0.05, 0.1) is 11.9 Å². The number of pyridine rings is 1. The van der Waals surface area contributed by atoms with Crippen LogP contribution >= 0.6 is 0 Å². The van der Waals surface area contributed by atoms with E-state index in [9.17, 15) is 4.79 Å². The molecule has 2 amide bonds. The second-order valence-corrected chi connectivity index (χ2v) is 5.29. The van der Waals surface area contributed by atoms with Crippen molar-refractivity contribution in [2.24, 2.45) is 5.92 Å². The zero-order valence-corrected chi connectivity index (χ0v) is 12.2. The van der Waals surface area contributed by atoms with Gasteiger partial charge in [-0.25, -0.2) is 9.78 Å². The summed E-state index contributed by atoms with van der Waals surface area (Å²) in [6.07, 6.45) is 2.85. The number of carbonyl (C=O) groups is 1. The molecule has 0 atom stereocenters. The van der Waals surface area contributed by atoms with E-state index in [1.54, 1.807) is 12.3 Å². The average molecular weight is 264 g/mol. The number of hydrogen-bond acceptors (Lipinski definition) is 3. The Balaban J connectivity index is 2.41. The Labute approximate surface area is 115 Å². The third-order valence-electron chi connectivity index (χ3n) is 2.48. The van der Waals surface area contributed by atoms with Crippen LogP contribution in [0.25, 0.3) is 0 Å². The summed E-state index contributed by atoms with van der Waals surface area (Å²) in [4.78, 5) is 15.7. The molecule has 0 aromatic carbocycles. The lowest BCUT2D eigenvalue weighted by molar-refractivity contribution is 0.250. The van der Waals surface area contributed by atoms with E-state index in [-0.39, 0.29) is 12.1 Å². The van der Waals surface area contributed by atoms with Crippen molar-refractivity contribution in [3.05, 3.63) is 18.3 Å². The Kier molecular flexibility index (Phi) is 6.12. The molecule has 1 heterocycles. The lowest BCUT2D eigenvalue weighted by Gasteiger charge is -2.11. The highest BCUT2D eigenvalue weighted by Crippen LogP contribution is 2.10. The summed E-state index contributed by atoms with van der Waals surface area (Å²) >= 11 is 0. The van der Waals surface area contributed by atoms with Crippen LogP contribution in [-0.2, 0) is 0 Å². The zero-order chi connectivity index (χ0) is 14.3. The molecule has 3 N–H and O–H groups in total. The summed E-state index contributed by atoms with van der Waals surface area (Å²) in [5.41, 5.74) is 0.968. The van der Waals surface area contributed by atoms with Crippen molar-refractivity contribution in [1.82, 2.24) is 10.3 Å². The lowest BCUT2D eigenvalue weighted by atomic mass is 10.1. The highest BCUT2D eigenvalue weighted by Gasteiger charge is 2.04. The summed E-state index contributed by atoms with van der Waals surface area (Å²) in [7, 11) is 0. The fourth-order valence-corrected chi connectivity index (χ4v) is 1.49. The van der Waals surface area contributed by atoms with Crippen LogP contribution < -0.4 is 16.0 Å². The third kappa shape index (κ3) is 6.64. The van der Waals surface area contributed by atoms with Crippen molar-refractivity contribution < 1.29 is 4.79 Å². The lowest BCUT2D eigenvalue weighted by Crippen LogP contribution is -2.34. The van der Waals surface area contributed by atoms with Gasteiger partial charge >= 0.3 is 6.03 Å². The van der Waals surface area contributed by atoms with Crippen molar-refractivity contribution >= 4 is 17.5 Å². The van der Waals surface area contributed by atoms with Gasteiger partial charge in [-0.3, -0.25) is 5.32 Å². The molecule has 0 spiro atoms. The molecule has 0 aliphatic rings. The molecule has 0 unspecified atom stereocenters. The molecule has 0 saturated carbocycles. The predicted molar refractivity (Wildman–Crippen MR) is 79.5 cm³/mol. The third-order valence-corrected chi connectivity index (χ3v) is 2.48. The summed E-state index contributed by atoms with van der Waals surface area (Å²) in [6, 6.07) is 3.58. The summed E-state index contributed by atoms with van der Waals surface area (Å²) in [5.74, 6) is 1.23. The molecule has 1 aromatic rings. The molecular formula is C14H24N4O. The standard InChI is InChI=1S/C14H24N4O/c1-10(2)7-8-15-12-5-6-13(16-9-12)18-14(19)17-11(3)4/h5-6,9-11,15H,7-8H2,1-4H3,(H2,16,17,18,19). The number of urea groups is 1. The minimum absolute atomic E-state index is 0.108. The van der Waals surface area contributed by atoms with E-state index < -0.39 is 0 Å². The van der Waals surface area contributed by atoms with Gasteiger partial charge in [0.2, 0.25) is 0 Å². The van der Waals surface area contributed by atoms with Gasteiger partial charge in [0.25, 0.3) is 0 Å². The quantitative estimate of drug-likeness (QED) is 0.739. The maximum absolute atomic E-state index is 11.5. The molecule has 0 saturated heterocycles. The topological polar surface area (TPSA) is 66.0 Å². The van der Waals surface area contributed by atoms with E-state index in [0.29, 0.717) is 11.7 Å². The first-order valence-corrected chi connectivity index (χ1v) is 6.75. The zero-order valence-electron chi connectivity index (χ0n) is 12.2. The maximum Gasteiger partial charge on any atom is 0.320 e. The van der Waals surface area contributed by atoms with Gasteiger partial charge in [-0.15, -0.1) is 0 Å². The fourth-order valence-electron chi connectivity index (χ4n) is 1.49. The van der Waals surface area contributed by atoms with Crippen LogP contribution in [-0.4, -0.2) is 23.6 Å². The molecule has 0 bridgehead atoms. The van der Waals surface area contributed by atoms with E-state index in [1.807, 2.05) is 19.9 Å². The Hall–Kier alpha value is -1.78. The number of anilines is 2. The normalized spacial score (nSPS) is 10.6. The highest BCUT2D eigenvalue weighted by atomic mass is 16.2. The largest absolute Gasteiger partial charge is 0.384 e. The number of rotatable bonds is 6. The summed E-state index contributed by atoms with van der Waals surface area (Å²) in [5, 5.41) is 8.73. The van der Waals surface area contributed by atoms with Gasteiger partial charge < -0.3 is 10.6 Å². The van der Waals surface area contributed by atoms with Crippen LogP contribution in [0.3, 0.4) is 0 Å². The molecule has 0 aliphatic heterocycles. The fraction of sp³-hybridized carbons (Fsp3) is 0.571. The van der Waals surface area contributed by atoms with Crippen LogP contribution in [0.5, 0.6) is 0 Å². The molecule has 106 valence electrons. The smallest absolute Gasteiger partial charge is 0.320 e. The first kappa shape index (κ1) is 15.3. The van der Waals surface area contributed by atoms with Crippen molar-refractivity contribution in [2.45, 2.75) is 40.2 Å². The predicted octanol–water partition coefficient (Wildman–Crippen LogP) is 3.07. The van der Waals surface area contributed by atoms with Gasteiger partial charge in [-0.05, 0) is 38.3 Å². The molecule has 0 fully saturated rings. The van der Waals surface area contributed by atoms with E-state index in [2.05, 4.69) is 34.8 Å². The van der Waals surface area contributed by atoms with Crippen LogP contribution in [0.15, 0.2) is 18.3 Å². The first-order valence-electron chi connectivity index (χ1n) is 6.75. The van der Waals surface area contributed by atoms with Gasteiger partial charge in [0.15, 0.2) is 0 Å². The van der Waals surface area contributed by atoms with E-state index in [4.69, 9.17) is 0 Å². The average Bonchev–Trinajstić information content (AvgIpc) is 2.29. The number of carbonyl (C=O) groups excluding carboxylic acids is 1. The molecule has 0 aliphatic carbocycles. The van der Waals surface area contributed by atoms with Gasteiger partial charge in [0, 0.05) is 12.6 Å². The van der Waals surface area contributed by atoms with Crippen LogP contribution in [0.1, 0.15) is 34.1 Å². The van der Waals surface area contributed by atoms with Gasteiger partial charge in [-0.2, -0.15) is 0 Å². The number of nitrogens with zero attached hydrogens (tertiary/aromatic N) is 1. The van der Waals surface area contributed by atoms with Crippen LogP contribution in [0.4, 0.5) is 16.3 Å². The highest BCUT2D eigenvalue weighted by molar-refractivity contribution is 5.88. The SMILES string of the molecule is CC(C)CCNc1ccc(NC(=O)NC(C)C)nc1. The van der Waals surface area contributed by atoms with Crippen molar-refractivity contribution in [1.29, 1.82) is 0 Å². The Morgan fingerprint density at radius 3 is 2.53 bits per heavy atom. The van der Waals surface area contributed by atoms with Crippen molar-refractivity contribution in [3.8, 4) is 0 Å². The molecule has 1 rings (SSSR count). The Bertz CT molecular complexity index is 387. The number of hydrogen-bond donors (Lipinski definition) is 3. The van der Waals surface area contributed by atoms with E-state index in [0.717, 1.165) is 18.7 Å². The second kappa shape index (κ2) is 7.61. The molecule has 19 heavy (non-hydrogen) atoms. The Morgan fingerprint density at radius 2 is 2.00 bits per heavy atom. The minimum atomic E-state index is -0.233.